The predicted octanol–water partition coefficient (Wildman–Crippen LogP) is 2.06. The third kappa shape index (κ3) is 2.66. The molecule has 0 spiro atoms. The zero-order valence-electron chi connectivity index (χ0n) is 11.2. The van der Waals surface area contributed by atoms with Crippen LogP contribution in [0.25, 0.3) is 11.1 Å². The number of fused-ring (bicyclic) bond motifs is 1. The number of benzene rings is 1. The summed E-state index contributed by atoms with van der Waals surface area (Å²) in [5.74, 6) is -0.407. The second-order valence-corrected chi connectivity index (χ2v) is 5.87. The van der Waals surface area contributed by atoms with E-state index in [0.717, 1.165) is 30.6 Å². The van der Waals surface area contributed by atoms with E-state index in [1.807, 2.05) is 18.2 Å². The minimum absolute atomic E-state index is 0.171. The molecule has 1 aliphatic rings. The first-order valence-electron chi connectivity index (χ1n) is 6.66. The lowest BCUT2D eigenvalue weighted by molar-refractivity contribution is 0.286. The summed E-state index contributed by atoms with van der Waals surface area (Å²) >= 11 is 0. The molecule has 0 bridgehead atoms. The summed E-state index contributed by atoms with van der Waals surface area (Å²) in [6, 6.07) is 6.15. The Hall–Kier alpha value is -1.75. The maximum absolute atomic E-state index is 11.1. The average molecular weight is 261 g/mol. The number of oxazole rings is 1. The van der Waals surface area contributed by atoms with Gasteiger partial charge in [-0.2, -0.15) is 0 Å². The third-order valence-corrected chi connectivity index (χ3v) is 3.64. The molecular weight excluding hydrogens is 242 g/mol. The molecule has 0 radical (unpaired) electrons. The van der Waals surface area contributed by atoms with Crippen LogP contribution in [0.3, 0.4) is 0 Å². The van der Waals surface area contributed by atoms with Gasteiger partial charge in [0.25, 0.3) is 0 Å². The second kappa shape index (κ2) is 4.42. The number of piperidine rings is 1. The Balaban J connectivity index is 1.79. The Morgan fingerprint density at radius 2 is 2.26 bits per heavy atom. The molecule has 102 valence electrons. The van der Waals surface area contributed by atoms with Crippen LogP contribution in [0, 0.1) is 0 Å². The van der Waals surface area contributed by atoms with Crippen molar-refractivity contribution in [2.45, 2.75) is 38.3 Å². The number of hydrogen-bond acceptors (Lipinski definition) is 4. The Bertz CT molecular complexity index is 641. The highest BCUT2D eigenvalue weighted by Gasteiger charge is 2.27. The first-order chi connectivity index (χ1) is 9.02. The molecule has 19 heavy (non-hydrogen) atoms. The number of rotatable bonds is 2. The van der Waals surface area contributed by atoms with Crippen LogP contribution in [-0.2, 0) is 0 Å². The highest BCUT2D eigenvalue weighted by atomic mass is 16.4. The van der Waals surface area contributed by atoms with Gasteiger partial charge in [-0.25, -0.2) is 4.79 Å². The molecule has 1 fully saturated rings. The topological polar surface area (TPSA) is 70.1 Å². The van der Waals surface area contributed by atoms with E-state index in [4.69, 9.17) is 4.42 Å². The lowest BCUT2D eigenvalue weighted by Crippen LogP contribution is -2.49. The molecular formula is C14H19N3O2. The fourth-order valence-electron chi connectivity index (χ4n) is 2.78. The van der Waals surface area contributed by atoms with Crippen LogP contribution in [0.1, 0.15) is 26.7 Å². The van der Waals surface area contributed by atoms with E-state index < -0.39 is 5.76 Å². The molecule has 1 aromatic heterocycles. The van der Waals surface area contributed by atoms with Gasteiger partial charge < -0.3 is 15.1 Å². The van der Waals surface area contributed by atoms with E-state index in [2.05, 4.69) is 29.5 Å². The number of aromatic nitrogens is 1. The van der Waals surface area contributed by atoms with Crippen molar-refractivity contribution in [3.63, 3.8) is 0 Å². The van der Waals surface area contributed by atoms with E-state index in [9.17, 15) is 4.79 Å². The van der Waals surface area contributed by atoms with Crippen molar-refractivity contribution in [3.05, 3.63) is 28.7 Å². The van der Waals surface area contributed by atoms with Crippen LogP contribution < -0.4 is 16.4 Å². The number of aromatic amines is 1. The first-order valence-corrected chi connectivity index (χ1v) is 6.66. The average Bonchev–Trinajstić information content (AvgIpc) is 2.67. The minimum Gasteiger partial charge on any atom is -0.408 e. The quantitative estimate of drug-likeness (QED) is 0.774. The van der Waals surface area contributed by atoms with Crippen LogP contribution in [-0.4, -0.2) is 23.1 Å². The maximum Gasteiger partial charge on any atom is 0.417 e. The lowest BCUT2D eigenvalue weighted by Gasteiger charge is -2.37. The van der Waals surface area contributed by atoms with Gasteiger partial charge in [0.1, 0.15) is 0 Å². The first kappa shape index (κ1) is 12.3. The molecule has 0 saturated carbocycles. The van der Waals surface area contributed by atoms with Crippen LogP contribution in [0.15, 0.2) is 27.4 Å². The van der Waals surface area contributed by atoms with Crippen molar-refractivity contribution in [3.8, 4) is 0 Å². The number of hydrogen-bond donors (Lipinski definition) is 3. The normalized spacial score (nSPS) is 22.5. The zero-order chi connectivity index (χ0) is 13.5. The van der Waals surface area contributed by atoms with E-state index in [1.54, 1.807) is 0 Å². The molecule has 1 aromatic carbocycles. The van der Waals surface area contributed by atoms with Gasteiger partial charge in [0.15, 0.2) is 5.58 Å². The minimum atomic E-state index is -0.407. The molecule has 2 aromatic rings. The fourth-order valence-corrected chi connectivity index (χ4v) is 2.78. The van der Waals surface area contributed by atoms with Gasteiger partial charge in [-0.05, 0) is 51.4 Å². The smallest absolute Gasteiger partial charge is 0.408 e. The lowest BCUT2D eigenvalue weighted by atomic mass is 9.89. The Kier molecular flexibility index (Phi) is 2.86. The number of H-pyrrole nitrogens is 1. The highest BCUT2D eigenvalue weighted by Crippen LogP contribution is 2.23. The van der Waals surface area contributed by atoms with Crippen LogP contribution >= 0.6 is 0 Å². The van der Waals surface area contributed by atoms with Crippen molar-refractivity contribution in [1.82, 2.24) is 10.3 Å². The predicted molar refractivity (Wildman–Crippen MR) is 75.6 cm³/mol. The third-order valence-electron chi connectivity index (χ3n) is 3.64. The van der Waals surface area contributed by atoms with Crippen LogP contribution in [0.5, 0.6) is 0 Å². The molecule has 0 aliphatic carbocycles. The van der Waals surface area contributed by atoms with E-state index in [0.29, 0.717) is 11.6 Å². The molecule has 1 saturated heterocycles. The fraction of sp³-hybridized carbons (Fsp3) is 0.500. The van der Waals surface area contributed by atoms with Gasteiger partial charge in [-0.1, -0.05) is 0 Å². The van der Waals surface area contributed by atoms with Gasteiger partial charge in [-0.3, -0.25) is 4.98 Å². The van der Waals surface area contributed by atoms with Crippen molar-refractivity contribution in [1.29, 1.82) is 0 Å². The zero-order valence-corrected chi connectivity index (χ0v) is 11.2. The van der Waals surface area contributed by atoms with Crippen molar-refractivity contribution >= 4 is 16.8 Å². The molecule has 1 aliphatic heterocycles. The summed E-state index contributed by atoms with van der Waals surface area (Å²) in [7, 11) is 0. The van der Waals surface area contributed by atoms with Crippen molar-refractivity contribution < 1.29 is 4.42 Å². The molecule has 1 unspecified atom stereocenters. The molecule has 3 rings (SSSR count). The SMILES string of the molecule is CC1(C)CC(Nc2ccc3oc(=O)[nH]c3c2)CCN1. The van der Waals surface area contributed by atoms with Gasteiger partial charge >= 0.3 is 5.76 Å². The summed E-state index contributed by atoms with van der Waals surface area (Å²) in [4.78, 5) is 13.8. The Morgan fingerprint density at radius 3 is 3.05 bits per heavy atom. The summed E-state index contributed by atoms with van der Waals surface area (Å²) in [5.41, 5.74) is 2.53. The summed E-state index contributed by atoms with van der Waals surface area (Å²) in [6.07, 6.45) is 2.18. The number of anilines is 1. The molecule has 2 heterocycles. The summed E-state index contributed by atoms with van der Waals surface area (Å²) < 4.78 is 5.00. The van der Waals surface area contributed by atoms with Crippen molar-refractivity contribution in [2.24, 2.45) is 0 Å². The summed E-state index contributed by atoms with van der Waals surface area (Å²) in [6.45, 7) is 5.46. The van der Waals surface area contributed by atoms with Crippen LogP contribution in [0.2, 0.25) is 0 Å². The van der Waals surface area contributed by atoms with E-state index in [-0.39, 0.29) is 5.54 Å². The van der Waals surface area contributed by atoms with Crippen LogP contribution in [0.4, 0.5) is 5.69 Å². The molecule has 3 N–H and O–H groups in total. The molecule has 1 atom stereocenters. The molecule has 0 amide bonds. The molecule has 5 heteroatoms. The Labute approximate surface area is 111 Å². The monoisotopic (exact) mass is 261 g/mol. The van der Waals surface area contributed by atoms with Gasteiger partial charge in [-0.15, -0.1) is 0 Å². The summed E-state index contributed by atoms with van der Waals surface area (Å²) in [5, 5.41) is 7.04. The maximum atomic E-state index is 11.1. The highest BCUT2D eigenvalue weighted by molar-refractivity contribution is 5.76. The Morgan fingerprint density at radius 1 is 1.42 bits per heavy atom. The van der Waals surface area contributed by atoms with E-state index >= 15 is 0 Å². The second-order valence-electron chi connectivity index (χ2n) is 5.87. The standard InChI is InChI=1S/C14H19N3O2/c1-14(2)8-10(5-6-15-14)16-9-3-4-12-11(7-9)17-13(18)19-12/h3-4,7,10,15-16H,5-6,8H2,1-2H3,(H,17,18). The van der Waals surface area contributed by atoms with E-state index in [1.165, 1.54) is 0 Å². The van der Waals surface area contributed by atoms with Gasteiger partial charge in [0.05, 0.1) is 5.52 Å². The largest absolute Gasteiger partial charge is 0.417 e. The molecule has 5 nitrogen and oxygen atoms in total. The van der Waals surface area contributed by atoms with Gasteiger partial charge in [0, 0.05) is 17.3 Å². The number of nitrogens with one attached hydrogen (secondary N) is 3. The van der Waals surface area contributed by atoms with Crippen molar-refractivity contribution in [2.75, 3.05) is 11.9 Å². The van der Waals surface area contributed by atoms with Gasteiger partial charge in [0.2, 0.25) is 0 Å².